The van der Waals surface area contributed by atoms with Crippen LogP contribution in [0, 0.1) is 13.8 Å². The molecule has 0 spiro atoms. The zero-order chi connectivity index (χ0) is 11.6. The largest absolute Gasteiger partial charge is 0.465 e. The van der Waals surface area contributed by atoms with E-state index in [0.717, 1.165) is 17.0 Å². The van der Waals surface area contributed by atoms with E-state index in [1.807, 2.05) is 6.92 Å². The SMILES string of the molecule is COC(=O)c1c(C)[nH]c(C)c1CC(C)=O. The minimum Gasteiger partial charge on any atom is -0.465 e. The Bertz CT molecular complexity index is 404. The van der Waals surface area contributed by atoms with Gasteiger partial charge in [-0.15, -0.1) is 0 Å². The van der Waals surface area contributed by atoms with Gasteiger partial charge in [0.2, 0.25) is 0 Å². The highest BCUT2D eigenvalue weighted by molar-refractivity contribution is 5.94. The lowest BCUT2D eigenvalue weighted by molar-refractivity contribution is -0.116. The van der Waals surface area contributed by atoms with Crippen LogP contribution in [-0.4, -0.2) is 23.8 Å². The highest BCUT2D eigenvalue weighted by atomic mass is 16.5. The van der Waals surface area contributed by atoms with Gasteiger partial charge in [-0.1, -0.05) is 0 Å². The summed E-state index contributed by atoms with van der Waals surface area (Å²) < 4.78 is 4.68. The van der Waals surface area contributed by atoms with E-state index in [1.165, 1.54) is 14.0 Å². The van der Waals surface area contributed by atoms with Crippen LogP contribution in [-0.2, 0) is 16.0 Å². The molecule has 0 saturated carbocycles. The third-order valence-electron chi connectivity index (χ3n) is 2.32. The van der Waals surface area contributed by atoms with E-state index in [1.54, 1.807) is 6.92 Å². The lowest BCUT2D eigenvalue weighted by Gasteiger charge is -2.02. The van der Waals surface area contributed by atoms with Crippen molar-refractivity contribution in [3.63, 3.8) is 0 Å². The Hall–Kier alpha value is -1.58. The molecule has 0 saturated heterocycles. The third-order valence-corrected chi connectivity index (χ3v) is 2.32. The summed E-state index contributed by atoms with van der Waals surface area (Å²) in [5.74, 6) is -0.365. The number of hydrogen-bond donors (Lipinski definition) is 1. The first-order valence-electron chi connectivity index (χ1n) is 4.73. The van der Waals surface area contributed by atoms with E-state index >= 15 is 0 Å². The first kappa shape index (κ1) is 11.5. The van der Waals surface area contributed by atoms with Crippen molar-refractivity contribution in [2.45, 2.75) is 27.2 Å². The molecule has 0 bridgehead atoms. The molecule has 0 unspecified atom stereocenters. The van der Waals surface area contributed by atoms with E-state index < -0.39 is 5.97 Å². The van der Waals surface area contributed by atoms with Gasteiger partial charge in [-0.3, -0.25) is 4.79 Å². The predicted octanol–water partition coefficient (Wildman–Crippen LogP) is 1.55. The molecule has 0 aliphatic carbocycles. The van der Waals surface area contributed by atoms with Gasteiger partial charge in [-0.2, -0.15) is 0 Å². The Labute approximate surface area is 88.6 Å². The summed E-state index contributed by atoms with van der Waals surface area (Å²) in [6, 6.07) is 0. The lowest BCUT2D eigenvalue weighted by atomic mass is 10.0. The minimum absolute atomic E-state index is 0.0299. The Morgan fingerprint density at radius 1 is 1.27 bits per heavy atom. The molecule has 1 aromatic rings. The predicted molar refractivity (Wildman–Crippen MR) is 56.0 cm³/mol. The normalized spacial score (nSPS) is 10.1. The number of ether oxygens (including phenoxy) is 1. The maximum Gasteiger partial charge on any atom is 0.339 e. The third kappa shape index (κ3) is 2.26. The van der Waals surface area contributed by atoms with Crippen LogP contribution in [0.25, 0.3) is 0 Å². The summed E-state index contributed by atoms with van der Waals surface area (Å²) in [7, 11) is 1.33. The average molecular weight is 209 g/mol. The minimum atomic E-state index is -0.395. The van der Waals surface area contributed by atoms with Gasteiger partial charge in [-0.25, -0.2) is 4.79 Å². The molecule has 4 heteroatoms. The molecule has 4 nitrogen and oxygen atoms in total. The van der Waals surface area contributed by atoms with Crippen LogP contribution in [0.3, 0.4) is 0 Å². The first-order valence-corrected chi connectivity index (χ1v) is 4.73. The van der Waals surface area contributed by atoms with Crippen LogP contribution < -0.4 is 0 Å². The standard InChI is InChI=1S/C11H15NO3/c1-6(13)5-9-7(2)12-8(3)10(9)11(14)15-4/h12H,5H2,1-4H3. The summed E-state index contributed by atoms with van der Waals surface area (Å²) in [5, 5.41) is 0. The molecule has 0 radical (unpaired) electrons. The average Bonchev–Trinajstić information content (AvgIpc) is 2.40. The highest BCUT2D eigenvalue weighted by Gasteiger charge is 2.20. The summed E-state index contributed by atoms with van der Waals surface area (Å²) >= 11 is 0. The zero-order valence-corrected chi connectivity index (χ0v) is 9.43. The van der Waals surface area contributed by atoms with E-state index in [0.29, 0.717) is 5.56 Å². The number of carbonyl (C=O) groups excluding carboxylic acids is 2. The molecule has 82 valence electrons. The van der Waals surface area contributed by atoms with Crippen molar-refractivity contribution >= 4 is 11.8 Å². The topological polar surface area (TPSA) is 59.2 Å². The molecule has 1 heterocycles. The molecular formula is C11H15NO3. The van der Waals surface area contributed by atoms with Crippen LogP contribution in [0.5, 0.6) is 0 Å². The molecule has 1 aromatic heterocycles. The number of H-pyrrole nitrogens is 1. The summed E-state index contributed by atoms with van der Waals surface area (Å²) in [5.41, 5.74) is 2.83. The molecule has 0 aromatic carbocycles. The molecule has 0 fully saturated rings. The van der Waals surface area contributed by atoms with Crippen LogP contribution in [0.15, 0.2) is 0 Å². The van der Waals surface area contributed by atoms with E-state index in [4.69, 9.17) is 0 Å². The van der Waals surface area contributed by atoms with E-state index in [-0.39, 0.29) is 12.2 Å². The number of ketones is 1. The van der Waals surface area contributed by atoms with Gasteiger partial charge in [0.15, 0.2) is 0 Å². The van der Waals surface area contributed by atoms with Crippen molar-refractivity contribution in [1.29, 1.82) is 0 Å². The van der Waals surface area contributed by atoms with Crippen molar-refractivity contribution in [1.82, 2.24) is 4.98 Å². The van der Waals surface area contributed by atoms with Gasteiger partial charge in [0, 0.05) is 17.8 Å². The highest BCUT2D eigenvalue weighted by Crippen LogP contribution is 2.19. The van der Waals surface area contributed by atoms with Crippen molar-refractivity contribution in [2.75, 3.05) is 7.11 Å². The Balaban J connectivity index is 3.22. The summed E-state index contributed by atoms with van der Waals surface area (Å²) in [6.45, 7) is 5.14. The van der Waals surface area contributed by atoms with Gasteiger partial charge < -0.3 is 9.72 Å². The van der Waals surface area contributed by atoms with Gasteiger partial charge in [0.1, 0.15) is 5.78 Å². The van der Waals surface area contributed by atoms with Crippen molar-refractivity contribution in [3.05, 3.63) is 22.5 Å². The quantitative estimate of drug-likeness (QED) is 0.768. The monoisotopic (exact) mass is 209 g/mol. The Morgan fingerprint density at radius 2 is 1.87 bits per heavy atom. The van der Waals surface area contributed by atoms with Gasteiger partial charge in [0.05, 0.1) is 12.7 Å². The maximum atomic E-state index is 11.5. The second-order valence-electron chi connectivity index (χ2n) is 3.60. The fourth-order valence-electron chi connectivity index (χ4n) is 1.68. The molecule has 0 aliphatic heterocycles. The zero-order valence-electron chi connectivity index (χ0n) is 9.43. The Kier molecular flexibility index (Phi) is 3.29. The van der Waals surface area contributed by atoms with Crippen LogP contribution in [0.1, 0.15) is 34.2 Å². The van der Waals surface area contributed by atoms with Gasteiger partial charge in [-0.05, 0) is 26.3 Å². The van der Waals surface area contributed by atoms with Gasteiger partial charge in [0.25, 0.3) is 0 Å². The van der Waals surface area contributed by atoms with Crippen LogP contribution in [0.2, 0.25) is 0 Å². The molecule has 0 atom stereocenters. The number of Topliss-reactive ketones (excluding diaryl/α,β-unsaturated/α-hetero) is 1. The molecule has 15 heavy (non-hydrogen) atoms. The number of rotatable bonds is 3. The Morgan fingerprint density at radius 3 is 2.33 bits per heavy atom. The summed E-state index contributed by atoms with van der Waals surface area (Å²) in [4.78, 5) is 25.6. The number of carbonyl (C=O) groups is 2. The van der Waals surface area contributed by atoms with Crippen molar-refractivity contribution in [3.8, 4) is 0 Å². The molecule has 0 amide bonds. The number of hydrogen-bond acceptors (Lipinski definition) is 3. The van der Waals surface area contributed by atoms with Crippen LogP contribution >= 0.6 is 0 Å². The number of esters is 1. The number of aromatic amines is 1. The van der Waals surface area contributed by atoms with Crippen molar-refractivity contribution in [2.24, 2.45) is 0 Å². The molecule has 0 aliphatic rings. The molecule has 1 N–H and O–H groups in total. The first-order chi connectivity index (χ1) is 6.97. The number of aryl methyl sites for hydroxylation is 2. The number of aromatic nitrogens is 1. The number of methoxy groups -OCH3 is 1. The second-order valence-corrected chi connectivity index (χ2v) is 3.60. The summed E-state index contributed by atoms with van der Waals surface area (Å²) in [6.07, 6.45) is 0.264. The molecular weight excluding hydrogens is 194 g/mol. The fraction of sp³-hybridized carbons (Fsp3) is 0.455. The van der Waals surface area contributed by atoms with E-state index in [9.17, 15) is 9.59 Å². The maximum absolute atomic E-state index is 11.5. The van der Waals surface area contributed by atoms with Crippen molar-refractivity contribution < 1.29 is 14.3 Å². The number of nitrogens with one attached hydrogen (secondary N) is 1. The van der Waals surface area contributed by atoms with Crippen LogP contribution in [0.4, 0.5) is 0 Å². The van der Waals surface area contributed by atoms with E-state index in [2.05, 4.69) is 9.72 Å². The molecule has 1 rings (SSSR count). The smallest absolute Gasteiger partial charge is 0.339 e. The lowest BCUT2D eigenvalue weighted by Crippen LogP contribution is -2.08. The second kappa shape index (κ2) is 4.29. The van der Waals surface area contributed by atoms with Gasteiger partial charge >= 0.3 is 5.97 Å². The fourth-order valence-corrected chi connectivity index (χ4v) is 1.68.